The van der Waals surface area contributed by atoms with Crippen molar-refractivity contribution in [3.8, 4) is 0 Å². The molecule has 0 atom stereocenters. The van der Waals surface area contributed by atoms with E-state index in [-0.39, 0.29) is 35.6 Å². The van der Waals surface area contributed by atoms with Crippen LogP contribution in [0.3, 0.4) is 0 Å². The van der Waals surface area contributed by atoms with Gasteiger partial charge < -0.3 is 15.5 Å². The Labute approximate surface area is 195 Å². The van der Waals surface area contributed by atoms with Crippen molar-refractivity contribution in [1.29, 1.82) is 0 Å². The molecule has 0 bridgehead atoms. The van der Waals surface area contributed by atoms with E-state index in [1.54, 1.807) is 23.1 Å². The molecule has 3 fully saturated rings. The number of amides is 1. The minimum absolute atomic E-state index is 0. The Morgan fingerprint density at radius 3 is 2.34 bits per heavy atom. The summed E-state index contributed by atoms with van der Waals surface area (Å²) in [5.41, 5.74) is 0. The topological polar surface area (TPSA) is 97.3 Å². The lowest BCUT2D eigenvalue weighted by atomic mass is 10.3. The SMILES string of the molecule is CN=C(NCCS(=O)(=O)N1CCSCC1)N1CCN(CC(=O)NC2CC2)CC1.I. The smallest absolute Gasteiger partial charge is 0.234 e. The maximum absolute atomic E-state index is 12.4. The number of nitrogens with zero attached hydrogens (tertiary/aromatic N) is 4. The lowest BCUT2D eigenvalue weighted by Crippen LogP contribution is -2.54. The van der Waals surface area contributed by atoms with Gasteiger partial charge in [0.1, 0.15) is 0 Å². The quantitative estimate of drug-likeness (QED) is 0.245. The third-order valence-corrected chi connectivity index (χ3v) is 8.01. The summed E-state index contributed by atoms with van der Waals surface area (Å²) < 4.78 is 26.5. The Morgan fingerprint density at radius 2 is 1.76 bits per heavy atom. The minimum atomic E-state index is -3.21. The maximum Gasteiger partial charge on any atom is 0.234 e. The van der Waals surface area contributed by atoms with Crippen LogP contribution in [0.4, 0.5) is 0 Å². The van der Waals surface area contributed by atoms with Gasteiger partial charge in [0, 0.05) is 70.4 Å². The lowest BCUT2D eigenvalue weighted by Gasteiger charge is -2.36. The van der Waals surface area contributed by atoms with Gasteiger partial charge in [0.05, 0.1) is 12.3 Å². The van der Waals surface area contributed by atoms with Crippen LogP contribution in [0.15, 0.2) is 4.99 Å². The highest BCUT2D eigenvalue weighted by molar-refractivity contribution is 14.0. The number of thioether (sulfide) groups is 1. The summed E-state index contributed by atoms with van der Waals surface area (Å²) in [6, 6.07) is 0.400. The van der Waals surface area contributed by atoms with Gasteiger partial charge in [-0.15, -0.1) is 24.0 Å². The highest BCUT2D eigenvalue weighted by atomic mass is 127. The van der Waals surface area contributed by atoms with Gasteiger partial charge in [-0.2, -0.15) is 11.8 Å². The number of sulfonamides is 1. The fourth-order valence-electron chi connectivity index (χ4n) is 3.40. The number of carbonyl (C=O) groups is 1. The number of piperazine rings is 1. The number of nitrogens with one attached hydrogen (secondary N) is 2. The molecule has 3 rings (SSSR count). The Morgan fingerprint density at radius 1 is 1.10 bits per heavy atom. The molecule has 2 N–H and O–H groups in total. The summed E-state index contributed by atoms with van der Waals surface area (Å²) in [7, 11) is -1.50. The average Bonchev–Trinajstić information content (AvgIpc) is 3.50. The first-order valence-corrected chi connectivity index (χ1v) is 12.8. The second-order valence-electron chi connectivity index (χ2n) is 7.41. The number of aliphatic imine (C=N–C) groups is 1. The predicted molar refractivity (Wildman–Crippen MR) is 129 cm³/mol. The van der Waals surface area contributed by atoms with Crippen LogP contribution in [0.5, 0.6) is 0 Å². The zero-order valence-corrected chi connectivity index (χ0v) is 21.0. The van der Waals surface area contributed by atoms with Crippen molar-refractivity contribution in [3.63, 3.8) is 0 Å². The van der Waals surface area contributed by atoms with Crippen LogP contribution in [0.2, 0.25) is 0 Å². The number of carbonyl (C=O) groups excluding carboxylic acids is 1. The van der Waals surface area contributed by atoms with E-state index < -0.39 is 10.0 Å². The van der Waals surface area contributed by atoms with Crippen LogP contribution in [0.1, 0.15) is 12.8 Å². The molecular formula is C17H33IN6O3S2. The van der Waals surface area contributed by atoms with Gasteiger partial charge in [-0.3, -0.25) is 14.7 Å². The number of hydrogen-bond donors (Lipinski definition) is 2. The summed E-state index contributed by atoms with van der Waals surface area (Å²) in [6.45, 7) is 5.14. The molecule has 12 heteroatoms. The first kappa shape index (κ1) is 25.0. The average molecular weight is 561 g/mol. The van der Waals surface area contributed by atoms with Gasteiger partial charge in [-0.25, -0.2) is 12.7 Å². The first-order chi connectivity index (χ1) is 13.5. The molecule has 168 valence electrons. The molecule has 1 aliphatic carbocycles. The van der Waals surface area contributed by atoms with Crippen molar-refractivity contribution in [3.05, 3.63) is 0 Å². The molecule has 0 spiro atoms. The van der Waals surface area contributed by atoms with Crippen molar-refractivity contribution in [2.45, 2.75) is 18.9 Å². The largest absolute Gasteiger partial charge is 0.355 e. The van der Waals surface area contributed by atoms with E-state index in [0.717, 1.165) is 56.5 Å². The molecule has 2 heterocycles. The predicted octanol–water partition coefficient (Wildman–Crippen LogP) is -0.545. The molecule has 0 aromatic rings. The summed E-state index contributed by atoms with van der Waals surface area (Å²) in [4.78, 5) is 20.5. The van der Waals surface area contributed by atoms with Crippen LogP contribution in [0, 0.1) is 0 Å². The Hall–Kier alpha value is -0.310. The number of guanidine groups is 1. The van der Waals surface area contributed by atoms with Crippen LogP contribution in [0.25, 0.3) is 0 Å². The highest BCUT2D eigenvalue weighted by Gasteiger charge is 2.27. The van der Waals surface area contributed by atoms with Crippen LogP contribution in [-0.2, 0) is 14.8 Å². The molecule has 0 radical (unpaired) electrons. The Kier molecular flexibility index (Phi) is 10.3. The minimum Gasteiger partial charge on any atom is -0.355 e. The standard InChI is InChI=1S/C17H32N6O3S2.HI/c1-18-17(19-4-13-28(25,26)23-9-11-27-12-10-23)22-7-5-21(6-8-22)14-16(24)20-15-2-3-15;/h15H,2-14H2,1H3,(H,18,19)(H,20,24);1H. The lowest BCUT2D eigenvalue weighted by molar-refractivity contribution is -0.122. The first-order valence-electron chi connectivity index (χ1n) is 10.0. The Balaban J connectivity index is 0.00000300. The van der Waals surface area contributed by atoms with Crippen molar-refractivity contribution >= 4 is 57.6 Å². The third-order valence-electron chi connectivity index (χ3n) is 5.20. The fraction of sp³-hybridized carbons (Fsp3) is 0.882. The summed E-state index contributed by atoms with van der Waals surface area (Å²) in [6.07, 6.45) is 2.21. The number of rotatable bonds is 7. The molecule has 2 aliphatic heterocycles. The van der Waals surface area contributed by atoms with Crippen molar-refractivity contribution in [1.82, 2.24) is 24.7 Å². The molecule has 0 unspecified atom stereocenters. The van der Waals surface area contributed by atoms with E-state index in [0.29, 0.717) is 32.2 Å². The second-order valence-corrected chi connectivity index (χ2v) is 10.7. The van der Waals surface area contributed by atoms with Gasteiger partial charge in [-0.1, -0.05) is 0 Å². The zero-order valence-electron chi connectivity index (χ0n) is 17.0. The number of hydrogen-bond acceptors (Lipinski definition) is 6. The van der Waals surface area contributed by atoms with Gasteiger partial charge in [0.15, 0.2) is 5.96 Å². The summed E-state index contributed by atoms with van der Waals surface area (Å²) in [5.74, 6) is 2.67. The van der Waals surface area contributed by atoms with Gasteiger partial charge in [0.25, 0.3) is 0 Å². The van der Waals surface area contributed by atoms with E-state index in [4.69, 9.17) is 0 Å². The molecule has 9 nitrogen and oxygen atoms in total. The molecule has 29 heavy (non-hydrogen) atoms. The second kappa shape index (κ2) is 11.9. The summed E-state index contributed by atoms with van der Waals surface area (Å²) >= 11 is 1.80. The molecular weight excluding hydrogens is 527 g/mol. The van der Waals surface area contributed by atoms with Crippen molar-refractivity contribution < 1.29 is 13.2 Å². The van der Waals surface area contributed by atoms with E-state index in [1.807, 2.05) is 0 Å². The van der Waals surface area contributed by atoms with Crippen molar-refractivity contribution in [2.75, 3.05) is 76.7 Å². The normalized spacial score (nSPS) is 22.1. The third kappa shape index (κ3) is 8.04. The van der Waals surface area contributed by atoms with E-state index in [9.17, 15) is 13.2 Å². The van der Waals surface area contributed by atoms with Crippen LogP contribution < -0.4 is 10.6 Å². The molecule has 1 saturated carbocycles. The zero-order chi connectivity index (χ0) is 20.0. The van der Waals surface area contributed by atoms with Crippen LogP contribution in [-0.4, -0.2) is 117 Å². The van der Waals surface area contributed by atoms with E-state index in [1.165, 1.54) is 0 Å². The molecule has 1 amide bonds. The van der Waals surface area contributed by atoms with Gasteiger partial charge >= 0.3 is 0 Å². The van der Waals surface area contributed by atoms with E-state index >= 15 is 0 Å². The maximum atomic E-state index is 12.4. The highest BCUT2D eigenvalue weighted by Crippen LogP contribution is 2.18. The van der Waals surface area contributed by atoms with E-state index in [2.05, 4.69) is 25.4 Å². The van der Waals surface area contributed by atoms with Gasteiger partial charge in [0.2, 0.25) is 15.9 Å². The Bertz CT molecular complexity index is 660. The molecule has 0 aromatic heterocycles. The number of halogens is 1. The summed E-state index contributed by atoms with van der Waals surface area (Å²) in [5, 5.41) is 6.21. The van der Waals surface area contributed by atoms with Gasteiger partial charge in [-0.05, 0) is 12.8 Å². The van der Waals surface area contributed by atoms with Crippen LogP contribution >= 0.6 is 35.7 Å². The molecule has 3 aliphatic rings. The monoisotopic (exact) mass is 560 g/mol. The molecule has 0 aromatic carbocycles. The molecule has 2 saturated heterocycles. The van der Waals surface area contributed by atoms with Crippen molar-refractivity contribution in [2.24, 2.45) is 4.99 Å². The fourth-order valence-corrected chi connectivity index (χ4v) is 5.89.